The van der Waals surface area contributed by atoms with Crippen molar-refractivity contribution in [3.05, 3.63) is 47.5 Å². The van der Waals surface area contributed by atoms with Gasteiger partial charge in [-0.2, -0.15) is 13.2 Å². The van der Waals surface area contributed by atoms with Gasteiger partial charge in [0.25, 0.3) is 0 Å². The van der Waals surface area contributed by atoms with Gasteiger partial charge in [0.05, 0.1) is 17.5 Å². The second-order valence-corrected chi connectivity index (χ2v) is 4.35. The van der Waals surface area contributed by atoms with Gasteiger partial charge in [0, 0.05) is 6.54 Å². The SMILES string of the molecule is CCn1c(COc2ccc(C(F)(F)F)cc2)cnc1C. The number of benzene rings is 1. The molecule has 0 amide bonds. The number of rotatable bonds is 4. The normalized spacial score (nSPS) is 11.7. The van der Waals surface area contributed by atoms with Crippen molar-refractivity contribution < 1.29 is 17.9 Å². The van der Waals surface area contributed by atoms with E-state index in [1.54, 1.807) is 6.20 Å². The minimum absolute atomic E-state index is 0.278. The minimum atomic E-state index is -4.32. The molecule has 0 saturated heterocycles. The van der Waals surface area contributed by atoms with Gasteiger partial charge in [-0.25, -0.2) is 4.98 Å². The van der Waals surface area contributed by atoms with Crippen molar-refractivity contribution >= 4 is 0 Å². The van der Waals surface area contributed by atoms with Crippen molar-refractivity contribution in [2.75, 3.05) is 0 Å². The Kier molecular flexibility index (Phi) is 4.01. The molecule has 0 bridgehead atoms. The number of imidazole rings is 1. The maximum Gasteiger partial charge on any atom is 0.416 e. The molecule has 108 valence electrons. The molecule has 1 aromatic heterocycles. The second kappa shape index (κ2) is 5.56. The van der Waals surface area contributed by atoms with Gasteiger partial charge < -0.3 is 9.30 Å². The highest BCUT2D eigenvalue weighted by Crippen LogP contribution is 2.30. The molecule has 0 N–H and O–H groups in total. The average Bonchev–Trinajstić information content (AvgIpc) is 2.76. The third-order valence-electron chi connectivity index (χ3n) is 3.02. The number of ether oxygens (including phenoxy) is 1. The fourth-order valence-electron chi connectivity index (χ4n) is 1.96. The van der Waals surface area contributed by atoms with Crippen LogP contribution in [-0.2, 0) is 19.3 Å². The van der Waals surface area contributed by atoms with E-state index in [4.69, 9.17) is 4.74 Å². The van der Waals surface area contributed by atoms with E-state index in [1.165, 1.54) is 12.1 Å². The molecule has 1 aromatic carbocycles. The molecule has 0 unspecified atom stereocenters. The van der Waals surface area contributed by atoms with E-state index in [0.29, 0.717) is 5.75 Å². The topological polar surface area (TPSA) is 27.1 Å². The van der Waals surface area contributed by atoms with Crippen LogP contribution in [0.4, 0.5) is 13.2 Å². The number of aromatic nitrogens is 2. The Morgan fingerprint density at radius 1 is 1.20 bits per heavy atom. The predicted molar refractivity (Wildman–Crippen MR) is 68.4 cm³/mol. The smallest absolute Gasteiger partial charge is 0.416 e. The van der Waals surface area contributed by atoms with Crippen LogP contribution in [0.1, 0.15) is 24.0 Å². The number of halogens is 3. The fraction of sp³-hybridized carbons (Fsp3) is 0.357. The molecule has 2 aromatic rings. The summed E-state index contributed by atoms with van der Waals surface area (Å²) in [7, 11) is 0. The molecule has 6 heteroatoms. The molecular weight excluding hydrogens is 269 g/mol. The Hall–Kier alpha value is -1.98. The summed E-state index contributed by atoms with van der Waals surface area (Å²) in [6.45, 7) is 4.94. The first-order valence-electron chi connectivity index (χ1n) is 6.23. The third kappa shape index (κ3) is 3.12. The van der Waals surface area contributed by atoms with Crippen LogP contribution in [0, 0.1) is 6.92 Å². The second-order valence-electron chi connectivity index (χ2n) is 4.35. The highest BCUT2D eigenvalue weighted by molar-refractivity contribution is 5.29. The summed E-state index contributed by atoms with van der Waals surface area (Å²) in [5.74, 6) is 1.29. The van der Waals surface area contributed by atoms with E-state index in [9.17, 15) is 13.2 Å². The lowest BCUT2D eigenvalue weighted by atomic mass is 10.2. The lowest BCUT2D eigenvalue weighted by molar-refractivity contribution is -0.137. The lowest BCUT2D eigenvalue weighted by Gasteiger charge is -2.10. The highest BCUT2D eigenvalue weighted by atomic mass is 19.4. The first kappa shape index (κ1) is 14.4. The molecule has 3 nitrogen and oxygen atoms in total. The summed E-state index contributed by atoms with van der Waals surface area (Å²) < 4.78 is 44.7. The van der Waals surface area contributed by atoms with Crippen LogP contribution in [0.25, 0.3) is 0 Å². The average molecular weight is 284 g/mol. The molecule has 1 heterocycles. The maximum absolute atomic E-state index is 12.4. The zero-order chi connectivity index (χ0) is 14.8. The molecule has 0 saturated carbocycles. The van der Waals surface area contributed by atoms with Crippen molar-refractivity contribution in [2.45, 2.75) is 33.2 Å². The first-order valence-corrected chi connectivity index (χ1v) is 6.23. The van der Waals surface area contributed by atoms with E-state index < -0.39 is 11.7 Å². The van der Waals surface area contributed by atoms with Crippen LogP contribution in [0.5, 0.6) is 5.75 Å². The predicted octanol–water partition coefficient (Wildman–Crippen LogP) is 3.81. The Balaban J connectivity index is 2.04. The zero-order valence-electron chi connectivity index (χ0n) is 11.2. The first-order chi connectivity index (χ1) is 9.41. The molecule has 2 rings (SSSR count). The van der Waals surface area contributed by atoms with Gasteiger partial charge in [-0.1, -0.05) is 0 Å². The standard InChI is InChI=1S/C14H15F3N2O/c1-3-19-10(2)18-8-12(19)9-20-13-6-4-11(5-7-13)14(15,16)17/h4-8H,3,9H2,1-2H3. The minimum Gasteiger partial charge on any atom is -0.487 e. The molecule has 0 atom stereocenters. The Labute approximate surface area is 115 Å². The van der Waals surface area contributed by atoms with Crippen LogP contribution in [-0.4, -0.2) is 9.55 Å². The molecule has 0 fully saturated rings. The van der Waals surface area contributed by atoms with Gasteiger partial charge in [-0.15, -0.1) is 0 Å². The Bertz CT molecular complexity index is 573. The van der Waals surface area contributed by atoms with E-state index in [1.807, 2.05) is 18.4 Å². The summed E-state index contributed by atoms with van der Waals surface area (Å²) in [6, 6.07) is 4.67. The van der Waals surface area contributed by atoms with Gasteiger partial charge in [0.15, 0.2) is 0 Å². The lowest BCUT2D eigenvalue weighted by Crippen LogP contribution is -2.07. The fourth-order valence-corrected chi connectivity index (χ4v) is 1.96. The molecule has 20 heavy (non-hydrogen) atoms. The van der Waals surface area contributed by atoms with E-state index in [-0.39, 0.29) is 6.61 Å². The van der Waals surface area contributed by atoms with Gasteiger partial charge in [-0.05, 0) is 38.1 Å². The van der Waals surface area contributed by atoms with Crippen LogP contribution in [0.15, 0.2) is 30.5 Å². The quantitative estimate of drug-likeness (QED) is 0.853. The zero-order valence-corrected chi connectivity index (χ0v) is 11.2. The maximum atomic E-state index is 12.4. The van der Waals surface area contributed by atoms with Crippen LogP contribution >= 0.6 is 0 Å². The van der Waals surface area contributed by atoms with Crippen LogP contribution in [0.3, 0.4) is 0 Å². The van der Waals surface area contributed by atoms with Crippen molar-refractivity contribution in [3.8, 4) is 5.75 Å². The van der Waals surface area contributed by atoms with Crippen LogP contribution in [0.2, 0.25) is 0 Å². The monoisotopic (exact) mass is 284 g/mol. The largest absolute Gasteiger partial charge is 0.487 e. The van der Waals surface area contributed by atoms with Crippen LogP contribution < -0.4 is 4.74 Å². The van der Waals surface area contributed by atoms with Crippen molar-refractivity contribution in [2.24, 2.45) is 0 Å². The van der Waals surface area contributed by atoms with Gasteiger partial charge >= 0.3 is 6.18 Å². The summed E-state index contributed by atoms with van der Waals surface area (Å²) in [5.41, 5.74) is 0.212. The van der Waals surface area contributed by atoms with E-state index >= 15 is 0 Å². The Morgan fingerprint density at radius 3 is 2.40 bits per heavy atom. The number of aryl methyl sites for hydroxylation is 1. The van der Waals surface area contributed by atoms with Gasteiger partial charge in [-0.3, -0.25) is 0 Å². The molecular formula is C14H15F3N2O. The van der Waals surface area contributed by atoms with E-state index in [2.05, 4.69) is 4.98 Å². The van der Waals surface area contributed by atoms with Gasteiger partial charge in [0.1, 0.15) is 18.2 Å². The molecule has 0 aliphatic carbocycles. The van der Waals surface area contributed by atoms with Gasteiger partial charge in [0.2, 0.25) is 0 Å². The molecule has 0 radical (unpaired) electrons. The summed E-state index contributed by atoms with van der Waals surface area (Å²) in [5, 5.41) is 0. The van der Waals surface area contributed by atoms with Crippen molar-refractivity contribution in [3.63, 3.8) is 0 Å². The number of hydrogen-bond donors (Lipinski definition) is 0. The third-order valence-corrected chi connectivity index (χ3v) is 3.02. The summed E-state index contributed by atoms with van der Waals surface area (Å²) in [6.07, 6.45) is -2.61. The summed E-state index contributed by atoms with van der Waals surface area (Å²) in [4.78, 5) is 4.18. The Morgan fingerprint density at radius 2 is 1.85 bits per heavy atom. The summed E-state index contributed by atoms with van der Waals surface area (Å²) >= 11 is 0. The van der Waals surface area contributed by atoms with E-state index in [0.717, 1.165) is 30.2 Å². The van der Waals surface area contributed by atoms with Crippen molar-refractivity contribution in [1.82, 2.24) is 9.55 Å². The molecule has 0 aliphatic rings. The van der Waals surface area contributed by atoms with Crippen molar-refractivity contribution in [1.29, 1.82) is 0 Å². The molecule has 0 spiro atoms. The highest BCUT2D eigenvalue weighted by Gasteiger charge is 2.30. The molecule has 0 aliphatic heterocycles. The number of nitrogens with zero attached hydrogens (tertiary/aromatic N) is 2. The number of hydrogen-bond acceptors (Lipinski definition) is 2. The number of alkyl halides is 3.